The summed E-state index contributed by atoms with van der Waals surface area (Å²) in [4.78, 5) is 13.1. The highest BCUT2D eigenvalue weighted by atomic mass is 35.5. The van der Waals surface area contributed by atoms with Crippen LogP contribution in [0.15, 0.2) is 47.0 Å². The lowest BCUT2D eigenvalue weighted by Gasteiger charge is -2.14. The van der Waals surface area contributed by atoms with Crippen LogP contribution in [-0.2, 0) is 19.4 Å². The van der Waals surface area contributed by atoms with Crippen molar-refractivity contribution in [3.8, 4) is 11.3 Å². The summed E-state index contributed by atoms with van der Waals surface area (Å²) in [6.07, 6.45) is 1.56. The number of aromatic nitrogens is 3. The van der Waals surface area contributed by atoms with E-state index in [0.717, 1.165) is 28.8 Å². The Labute approximate surface area is 195 Å². The molecule has 162 valence electrons. The van der Waals surface area contributed by atoms with Gasteiger partial charge in [-0.05, 0) is 44.4 Å². The van der Waals surface area contributed by atoms with Crippen LogP contribution in [0.4, 0.5) is 5.69 Å². The standard InChI is InChI=1S/C24H20Cl2N4O2/c1-13-21(14(2)30(28-13)12-18-19(25)8-5-9-20(18)26)27-24(31)22-17-11-10-15-6-3-4-7-16(15)23(17)32-29-22/h3-9H,10-12H2,1-2H3,(H,27,31). The molecule has 0 saturated heterocycles. The molecule has 5 rings (SSSR count). The molecule has 2 aromatic carbocycles. The SMILES string of the molecule is Cc1nn(Cc2c(Cl)cccc2Cl)c(C)c1NC(=O)c1noc2c1CCc1ccccc1-2. The predicted molar refractivity (Wildman–Crippen MR) is 125 cm³/mol. The van der Waals surface area contributed by atoms with E-state index in [4.69, 9.17) is 27.7 Å². The van der Waals surface area contributed by atoms with Crippen molar-refractivity contribution < 1.29 is 9.32 Å². The van der Waals surface area contributed by atoms with Crippen molar-refractivity contribution in [2.75, 3.05) is 5.32 Å². The molecular formula is C24H20Cl2N4O2. The van der Waals surface area contributed by atoms with Crippen molar-refractivity contribution in [3.63, 3.8) is 0 Å². The summed E-state index contributed by atoms with van der Waals surface area (Å²) >= 11 is 12.6. The van der Waals surface area contributed by atoms with Crippen molar-refractivity contribution in [1.82, 2.24) is 14.9 Å². The van der Waals surface area contributed by atoms with E-state index in [1.54, 1.807) is 22.9 Å². The summed E-state index contributed by atoms with van der Waals surface area (Å²) in [5.41, 5.74) is 6.28. The minimum Gasteiger partial charge on any atom is -0.355 e. The number of fused-ring (bicyclic) bond motifs is 3. The molecule has 0 fully saturated rings. The molecule has 1 amide bonds. The third kappa shape index (κ3) is 3.49. The van der Waals surface area contributed by atoms with Crippen molar-refractivity contribution in [3.05, 3.63) is 86.3 Å². The van der Waals surface area contributed by atoms with E-state index >= 15 is 0 Å². The Morgan fingerprint density at radius 1 is 1.09 bits per heavy atom. The fourth-order valence-electron chi connectivity index (χ4n) is 4.19. The molecule has 1 aliphatic carbocycles. The Morgan fingerprint density at radius 3 is 2.62 bits per heavy atom. The Morgan fingerprint density at radius 2 is 1.84 bits per heavy atom. The number of carbonyl (C=O) groups excluding carboxylic acids is 1. The smallest absolute Gasteiger partial charge is 0.278 e. The number of nitrogens with zero attached hydrogens (tertiary/aromatic N) is 3. The summed E-state index contributed by atoms with van der Waals surface area (Å²) in [5, 5.41) is 12.8. The Kier molecular flexibility index (Phi) is 5.27. The van der Waals surface area contributed by atoms with Crippen LogP contribution in [-0.4, -0.2) is 20.8 Å². The predicted octanol–water partition coefficient (Wildman–Crippen LogP) is 5.86. The Bertz CT molecular complexity index is 1340. The fraction of sp³-hybridized carbons (Fsp3) is 0.208. The van der Waals surface area contributed by atoms with Gasteiger partial charge in [0, 0.05) is 26.7 Å². The monoisotopic (exact) mass is 466 g/mol. The highest BCUT2D eigenvalue weighted by molar-refractivity contribution is 6.36. The van der Waals surface area contributed by atoms with Gasteiger partial charge in [-0.25, -0.2) is 0 Å². The van der Waals surface area contributed by atoms with E-state index in [9.17, 15) is 4.79 Å². The number of anilines is 1. The van der Waals surface area contributed by atoms with Gasteiger partial charge >= 0.3 is 0 Å². The average molecular weight is 467 g/mol. The number of halogens is 2. The van der Waals surface area contributed by atoms with E-state index in [-0.39, 0.29) is 5.91 Å². The largest absolute Gasteiger partial charge is 0.355 e. The van der Waals surface area contributed by atoms with Crippen LogP contribution < -0.4 is 5.32 Å². The van der Waals surface area contributed by atoms with Gasteiger partial charge in [-0.1, -0.05) is 58.7 Å². The van der Waals surface area contributed by atoms with E-state index in [1.807, 2.05) is 32.0 Å². The summed E-state index contributed by atoms with van der Waals surface area (Å²) in [5.74, 6) is 0.366. The number of aryl methyl sites for hydroxylation is 2. The first-order valence-electron chi connectivity index (χ1n) is 10.3. The molecule has 0 atom stereocenters. The molecule has 0 spiro atoms. The zero-order valence-corrected chi connectivity index (χ0v) is 19.1. The van der Waals surface area contributed by atoms with Gasteiger partial charge in [0.05, 0.1) is 23.6 Å². The summed E-state index contributed by atoms with van der Waals surface area (Å²) < 4.78 is 7.37. The average Bonchev–Trinajstić information content (AvgIpc) is 3.33. The maximum Gasteiger partial charge on any atom is 0.278 e. The Hall–Kier alpha value is -3.09. The normalized spacial score (nSPS) is 12.4. The molecule has 6 nitrogen and oxygen atoms in total. The first kappa shape index (κ1) is 20.8. The van der Waals surface area contributed by atoms with Gasteiger partial charge in [0.1, 0.15) is 0 Å². The fourth-order valence-corrected chi connectivity index (χ4v) is 4.71. The number of hydrogen-bond donors (Lipinski definition) is 1. The summed E-state index contributed by atoms with van der Waals surface area (Å²) in [7, 11) is 0. The molecule has 4 aromatic rings. The second-order valence-corrected chi connectivity index (χ2v) is 8.67. The van der Waals surface area contributed by atoms with Gasteiger partial charge in [0.15, 0.2) is 11.5 Å². The molecule has 0 bridgehead atoms. The molecule has 0 unspecified atom stereocenters. The minimum atomic E-state index is -0.309. The minimum absolute atomic E-state index is 0.309. The van der Waals surface area contributed by atoms with Crippen molar-refractivity contribution in [2.45, 2.75) is 33.2 Å². The molecule has 0 saturated carbocycles. The molecule has 1 N–H and O–H groups in total. The van der Waals surface area contributed by atoms with Crippen LogP contribution in [0, 0.1) is 13.8 Å². The lowest BCUT2D eigenvalue weighted by molar-refractivity contribution is 0.101. The van der Waals surface area contributed by atoms with Crippen LogP contribution in [0.2, 0.25) is 10.0 Å². The van der Waals surface area contributed by atoms with E-state index in [1.165, 1.54) is 5.56 Å². The lowest BCUT2D eigenvalue weighted by atomic mass is 9.89. The number of amides is 1. The number of rotatable bonds is 4. The number of carbonyl (C=O) groups is 1. The van der Waals surface area contributed by atoms with Crippen LogP contribution in [0.5, 0.6) is 0 Å². The molecule has 8 heteroatoms. The maximum atomic E-state index is 13.1. The number of nitrogens with one attached hydrogen (secondary N) is 1. The molecular weight excluding hydrogens is 447 g/mol. The third-order valence-corrected chi connectivity index (χ3v) is 6.61. The number of benzene rings is 2. The highest BCUT2D eigenvalue weighted by Crippen LogP contribution is 2.35. The van der Waals surface area contributed by atoms with Gasteiger partial charge < -0.3 is 9.84 Å². The van der Waals surface area contributed by atoms with E-state index < -0.39 is 0 Å². The second-order valence-electron chi connectivity index (χ2n) is 7.85. The molecule has 1 aliphatic rings. The molecule has 2 heterocycles. The molecule has 0 radical (unpaired) electrons. The van der Waals surface area contributed by atoms with Gasteiger partial charge in [-0.2, -0.15) is 5.10 Å². The van der Waals surface area contributed by atoms with Gasteiger partial charge in [0.25, 0.3) is 5.91 Å². The van der Waals surface area contributed by atoms with Crippen molar-refractivity contribution >= 4 is 34.8 Å². The van der Waals surface area contributed by atoms with Gasteiger partial charge in [0.2, 0.25) is 0 Å². The van der Waals surface area contributed by atoms with Gasteiger partial charge in [-0.15, -0.1) is 0 Å². The summed E-state index contributed by atoms with van der Waals surface area (Å²) in [6.45, 7) is 4.15. The zero-order chi connectivity index (χ0) is 22.4. The van der Waals surface area contributed by atoms with Crippen molar-refractivity contribution in [1.29, 1.82) is 0 Å². The van der Waals surface area contributed by atoms with E-state index in [0.29, 0.717) is 45.8 Å². The molecule has 32 heavy (non-hydrogen) atoms. The van der Waals surface area contributed by atoms with Crippen LogP contribution in [0.1, 0.15) is 38.6 Å². The van der Waals surface area contributed by atoms with Gasteiger partial charge in [-0.3, -0.25) is 9.48 Å². The van der Waals surface area contributed by atoms with Crippen LogP contribution >= 0.6 is 23.2 Å². The quantitative estimate of drug-likeness (QED) is 0.408. The Balaban J connectivity index is 1.43. The summed E-state index contributed by atoms with van der Waals surface area (Å²) in [6, 6.07) is 13.4. The maximum absolute atomic E-state index is 13.1. The zero-order valence-electron chi connectivity index (χ0n) is 17.6. The van der Waals surface area contributed by atoms with E-state index in [2.05, 4.69) is 21.6 Å². The number of hydrogen-bond acceptors (Lipinski definition) is 4. The first-order valence-corrected chi connectivity index (χ1v) is 11.0. The molecule has 2 aromatic heterocycles. The van der Waals surface area contributed by atoms with Crippen molar-refractivity contribution in [2.24, 2.45) is 0 Å². The lowest BCUT2D eigenvalue weighted by Crippen LogP contribution is -2.17. The highest BCUT2D eigenvalue weighted by Gasteiger charge is 2.28. The second kappa shape index (κ2) is 8.11. The third-order valence-electron chi connectivity index (χ3n) is 5.90. The molecule has 0 aliphatic heterocycles. The van der Waals surface area contributed by atoms with Crippen LogP contribution in [0.25, 0.3) is 11.3 Å². The topological polar surface area (TPSA) is 73.0 Å². The first-order chi connectivity index (χ1) is 15.4. The van der Waals surface area contributed by atoms with Crippen LogP contribution in [0.3, 0.4) is 0 Å².